The van der Waals surface area contributed by atoms with Crippen LogP contribution in [0.3, 0.4) is 0 Å². The van der Waals surface area contributed by atoms with Gasteiger partial charge in [0.25, 0.3) is 0 Å². The molecule has 35 heavy (non-hydrogen) atoms. The number of fused-ring (bicyclic) bond motifs is 2. The van der Waals surface area contributed by atoms with Crippen molar-refractivity contribution in [2.75, 3.05) is 30.4 Å². The number of ether oxygens (including phenoxy) is 2. The molecule has 2 aromatic carbocycles. The maximum atomic E-state index is 5.88. The quantitative estimate of drug-likeness (QED) is 0.387. The Morgan fingerprint density at radius 3 is 2.71 bits per heavy atom. The highest BCUT2D eigenvalue weighted by Gasteiger charge is 2.23. The number of H-pyrrole nitrogens is 1. The van der Waals surface area contributed by atoms with Gasteiger partial charge in [-0.3, -0.25) is 4.57 Å². The van der Waals surface area contributed by atoms with Crippen molar-refractivity contribution in [1.82, 2.24) is 24.5 Å². The van der Waals surface area contributed by atoms with Gasteiger partial charge in [-0.2, -0.15) is 9.97 Å². The van der Waals surface area contributed by atoms with E-state index in [9.17, 15) is 0 Å². The van der Waals surface area contributed by atoms with Crippen LogP contribution in [-0.4, -0.2) is 56.9 Å². The lowest BCUT2D eigenvalue weighted by Gasteiger charge is -2.37. The van der Waals surface area contributed by atoms with E-state index in [4.69, 9.17) is 19.4 Å². The van der Waals surface area contributed by atoms with E-state index in [0.29, 0.717) is 5.95 Å². The molecule has 2 N–H and O–H groups in total. The van der Waals surface area contributed by atoms with E-state index in [1.165, 1.54) is 0 Å². The van der Waals surface area contributed by atoms with Gasteiger partial charge < -0.3 is 24.7 Å². The molecule has 1 aliphatic rings. The molecule has 2 atom stereocenters. The van der Waals surface area contributed by atoms with Crippen LogP contribution in [0.1, 0.15) is 13.8 Å². The van der Waals surface area contributed by atoms with Gasteiger partial charge in [-0.05, 0) is 44.2 Å². The highest BCUT2D eigenvalue weighted by molar-refractivity contribution is 5.88. The van der Waals surface area contributed by atoms with Gasteiger partial charge >= 0.3 is 0 Å². The lowest BCUT2D eigenvalue weighted by molar-refractivity contribution is -0.00522. The Hall–Kier alpha value is -4.11. The lowest BCUT2D eigenvalue weighted by Crippen LogP contribution is -2.45. The van der Waals surface area contributed by atoms with Crippen molar-refractivity contribution in [3.05, 3.63) is 61.1 Å². The van der Waals surface area contributed by atoms with E-state index in [1.807, 2.05) is 53.2 Å². The first-order chi connectivity index (χ1) is 17.1. The zero-order chi connectivity index (χ0) is 23.9. The van der Waals surface area contributed by atoms with Crippen molar-refractivity contribution in [3.8, 4) is 11.6 Å². The van der Waals surface area contributed by atoms with Crippen LogP contribution in [0.25, 0.3) is 27.9 Å². The number of morpholine rings is 1. The summed E-state index contributed by atoms with van der Waals surface area (Å²) in [6, 6.07) is 16.1. The molecular weight excluding hydrogens is 442 g/mol. The topological polar surface area (TPSA) is 93.1 Å². The first-order valence-corrected chi connectivity index (χ1v) is 11.7. The van der Waals surface area contributed by atoms with Crippen LogP contribution in [0.5, 0.6) is 5.75 Å². The standard InChI is InChI=1S/C26H27N7O2/c1-16-13-32(14-17(2)35-16)18-8-9-21(23(12-18)34-3)29-26-30-24-19(10-11-27-24)25(31-26)33-15-28-20-6-4-5-7-22(20)33/h4-12,15-17H,13-14H2,1-3H3,(H2,27,29,30,31)/t16-,17+. The molecule has 0 radical (unpaired) electrons. The first kappa shape index (κ1) is 21.4. The molecule has 3 aromatic heterocycles. The number of benzene rings is 2. The molecular formula is C26H27N7O2. The van der Waals surface area contributed by atoms with Crippen molar-refractivity contribution in [3.63, 3.8) is 0 Å². The SMILES string of the molecule is COc1cc(N2C[C@@H](C)O[C@@H](C)C2)ccc1Nc1nc(-n2cnc3ccccc32)c2cc[nH]c2n1. The number of aromatic amines is 1. The van der Waals surface area contributed by atoms with Crippen molar-refractivity contribution in [1.29, 1.82) is 0 Å². The van der Waals surface area contributed by atoms with Crippen LogP contribution in [0.4, 0.5) is 17.3 Å². The molecule has 1 fully saturated rings. The molecule has 0 amide bonds. The van der Waals surface area contributed by atoms with Gasteiger partial charge in [0, 0.05) is 31.0 Å². The summed E-state index contributed by atoms with van der Waals surface area (Å²) in [5.41, 5.74) is 4.52. The second-order valence-electron chi connectivity index (χ2n) is 8.89. The molecule has 0 spiro atoms. The Kier molecular flexibility index (Phi) is 5.26. The number of hydrogen-bond acceptors (Lipinski definition) is 7. The summed E-state index contributed by atoms with van der Waals surface area (Å²) < 4.78 is 13.6. The number of rotatable bonds is 5. The van der Waals surface area contributed by atoms with Gasteiger partial charge in [0.15, 0.2) is 5.82 Å². The van der Waals surface area contributed by atoms with Crippen molar-refractivity contribution < 1.29 is 9.47 Å². The fraction of sp³-hybridized carbons (Fsp3) is 0.269. The van der Waals surface area contributed by atoms with E-state index in [0.717, 1.165) is 58.1 Å². The minimum Gasteiger partial charge on any atom is -0.494 e. The summed E-state index contributed by atoms with van der Waals surface area (Å²) in [5, 5.41) is 4.27. The molecule has 0 aliphatic carbocycles. The second kappa shape index (κ2) is 8.59. The smallest absolute Gasteiger partial charge is 0.231 e. The summed E-state index contributed by atoms with van der Waals surface area (Å²) in [6.07, 6.45) is 4.02. The maximum Gasteiger partial charge on any atom is 0.231 e. The third-order valence-corrected chi connectivity index (χ3v) is 6.29. The molecule has 5 aromatic rings. The Morgan fingerprint density at radius 2 is 1.89 bits per heavy atom. The highest BCUT2D eigenvalue weighted by atomic mass is 16.5. The molecule has 0 saturated carbocycles. The number of hydrogen-bond donors (Lipinski definition) is 2. The normalized spacial score (nSPS) is 18.3. The molecule has 6 rings (SSSR count). The van der Waals surface area contributed by atoms with Gasteiger partial charge in [0.05, 0.1) is 41.4 Å². The van der Waals surface area contributed by atoms with Gasteiger partial charge in [-0.1, -0.05) is 12.1 Å². The average molecular weight is 470 g/mol. The molecule has 0 bridgehead atoms. The molecule has 178 valence electrons. The van der Waals surface area contributed by atoms with Crippen LogP contribution in [0, 0.1) is 0 Å². The number of imidazole rings is 1. The third kappa shape index (κ3) is 3.93. The first-order valence-electron chi connectivity index (χ1n) is 11.7. The largest absolute Gasteiger partial charge is 0.494 e. The zero-order valence-corrected chi connectivity index (χ0v) is 19.9. The van der Waals surface area contributed by atoms with E-state index in [1.54, 1.807) is 13.4 Å². The van der Waals surface area contributed by atoms with Crippen LogP contribution >= 0.6 is 0 Å². The van der Waals surface area contributed by atoms with Gasteiger partial charge in [0.1, 0.15) is 17.7 Å². The summed E-state index contributed by atoms with van der Waals surface area (Å²) in [6.45, 7) is 5.89. The van der Waals surface area contributed by atoms with Crippen LogP contribution in [-0.2, 0) is 4.74 Å². The van der Waals surface area contributed by atoms with Gasteiger partial charge in [-0.15, -0.1) is 0 Å². The lowest BCUT2D eigenvalue weighted by atomic mass is 10.2. The number of methoxy groups -OCH3 is 1. The monoisotopic (exact) mass is 469 g/mol. The minimum atomic E-state index is 0.182. The predicted molar refractivity (Wildman–Crippen MR) is 137 cm³/mol. The van der Waals surface area contributed by atoms with E-state index in [2.05, 4.69) is 40.1 Å². The van der Waals surface area contributed by atoms with Gasteiger partial charge in [-0.25, -0.2) is 4.98 Å². The Morgan fingerprint density at radius 1 is 1.06 bits per heavy atom. The number of para-hydroxylation sites is 2. The number of nitrogens with zero attached hydrogens (tertiary/aromatic N) is 5. The molecule has 9 nitrogen and oxygen atoms in total. The minimum absolute atomic E-state index is 0.182. The second-order valence-corrected chi connectivity index (χ2v) is 8.89. The molecule has 1 aliphatic heterocycles. The maximum absolute atomic E-state index is 5.88. The Labute approximate surface area is 202 Å². The van der Waals surface area contributed by atoms with Crippen molar-refractivity contribution in [2.24, 2.45) is 0 Å². The number of anilines is 3. The zero-order valence-electron chi connectivity index (χ0n) is 19.9. The third-order valence-electron chi connectivity index (χ3n) is 6.29. The van der Waals surface area contributed by atoms with Crippen LogP contribution in [0.15, 0.2) is 61.1 Å². The van der Waals surface area contributed by atoms with Crippen molar-refractivity contribution >= 4 is 39.4 Å². The van der Waals surface area contributed by atoms with E-state index >= 15 is 0 Å². The number of nitrogens with one attached hydrogen (secondary N) is 2. The summed E-state index contributed by atoms with van der Waals surface area (Å²) in [4.78, 5) is 19.6. The molecule has 0 unspecified atom stereocenters. The Balaban J connectivity index is 1.37. The van der Waals surface area contributed by atoms with E-state index < -0.39 is 0 Å². The highest BCUT2D eigenvalue weighted by Crippen LogP contribution is 2.33. The van der Waals surface area contributed by atoms with Crippen molar-refractivity contribution in [2.45, 2.75) is 26.1 Å². The average Bonchev–Trinajstić information content (AvgIpc) is 3.50. The molecule has 9 heteroatoms. The van der Waals surface area contributed by atoms with E-state index in [-0.39, 0.29) is 12.2 Å². The number of aromatic nitrogens is 5. The molecule has 4 heterocycles. The molecule has 1 saturated heterocycles. The predicted octanol–water partition coefficient (Wildman–Crippen LogP) is 4.66. The van der Waals surface area contributed by atoms with Crippen LogP contribution in [0.2, 0.25) is 0 Å². The summed E-state index contributed by atoms with van der Waals surface area (Å²) in [7, 11) is 1.67. The fourth-order valence-corrected chi connectivity index (χ4v) is 4.78. The summed E-state index contributed by atoms with van der Waals surface area (Å²) in [5.74, 6) is 1.94. The Bertz CT molecular complexity index is 1500. The summed E-state index contributed by atoms with van der Waals surface area (Å²) >= 11 is 0. The van der Waals surface area contributed by atoms with Crippen LogP contribution < -0.4 is 15.0 Å². The fourth-order valence-electron chi connectivity index (χ4n) is 4.78. The van der Waals surface area contributed by atoms with Gasteiger partial charge in [0.2, 0.25) is 5.95 Å².